The molecule has 3 aliphatic heterocycles. The highest BCUT2D eigenvalue weighted by Crippen LogP contribution is 2.41. The summed E-state index contributed by atoms with van der Waals surface area (Å²) in [7, 11) is 1.83. The average molecular weight is 625 g/mol. The van der Waals surface area contributed by atoms with Gasteiger partial charge in [0.05, 0.1) is 21.1 Å². The molecular formula is C30H31F3N8O2S. The second-order valence-corrected chi connectivity index (χ2v) is 12.8. The normalized spacial score (nSPS) is 23.5. The highest BCUT2D eigenvalue weighted by Gasteiger charge is 2.49. The average Bonchev–Trinajstić information content (AvgIpc) is 3.79. The number of hydrogen-bond acceptors (Lipinski definition) is 10. The van der Waals surface area contributed by atoms with Gasteiger partial charge in [-0.2, -0.15) is 9.97 Å². The predicted octanol–water partition coefficient (Wildman–Crippen LogP) is 4.34. The van der Waals surface area contributed by atoms with Gasteiger partial charge in [-0.05, 0) is 44.0 Å². The van der Waals surface area contributed by atoms with Crippen molar-refractivity contribution in [1.29, 1.82) is 0 Å². The number of pyridine rings is 1. The molecule has 6 heterocycles. The van der Waals surface area contributed by atoms with E-state index in [9.17, 15) is 13.6 Å². The van der Waals surface area contributed by atoms with Crippen LogP contribution in [-0.2, 0) is 4.79 Å². The summed E-state index contributed by atoms with van der Waals surface area (Å²) in [5.74, 6) is -1.03. The molecule has 0 aliphatic carbocycles. The molecule has 3 unspecified atom stereocenters. The molecule has 1 amide bonds. The fourth-order valence-corrected chi connectivity index (χ4v) is 7.70. The Morgan fingerprint density at radius 3 is 2.91 bits per heavy atom. The number of fused-ring (bicyclic) bond motifs is 3. The lowest BCUT2D eigenvalue weighted by molar-refractivity contribution is -0.125. The maximum Gasteiger partial charge on any atom is 0.319 e. The van der Waals surface area contributed by atoms with Crippen molar-refractivity contribution in [2.75, 3.05) is 50.5 Å². The topological polar surface area (TPSA) is 114 Å². The van der Waals surface area contributed by atoms with Gasteiger partial charge >= 0.3 is 6.01 Å². The third-order valence-corrected chi connectivity index (χ3v) is 10.1. The third-order valence-electron chi connectivity index (χ3n) is 9.17. The van der Waals surface area contributed by atoms with Crippen molar-refractivity contribution in [3.8, 4) is 17.3 Å². The van der Waals surface area contributed by atoms with Gasteiger partial charge in [-0.25, -0.2) is 18.2 Å². The number of hydrogen-bond donors (Lipinski definition) is 1. The van der Waals surface area contributed by atoms with Crippen molar-refractivity contribution >= 4 is 49.3 Å². The Balaban J connectivity index is 1.31. The van der Waals surface area contributed by atoms with Crippen LogP contribution in [0.5, 0.6) is 6.01 Å². The first kappa shape index (κ1) is 28.7. The Morgan fingerprint density at radius 1 is 1.25 bits per heavy atom. The summed E-state index contributed by atoms with van der Waals surface area (Å²) < 4.78 is 51.8. The number of ether oxygens (including phenoxy) is 1. The molecule has 230 valence electrons. The van der Waals surface area contributed by atoms with Gasteiger partial charge in [-0.3, -0.25) is 14.7 Å². The summed E-state index contributed by atoms with van der Waals surface area (Å²) >= 11 is 0.974. The van der Waals surface area contributed by atoms with Crippen LogP contribution in [0.1, 0.15) is 25.7 Å². The molecule has 0 radical (unpaired) electrons. The van der Waals surface area contributed by atoms with E-state index in [2.05, 4.69) is 26.4 Å². The van der Waals surface area contributed by atoms with E-state index in [4.69, 9.17) is 15.5 Å². The molecule has 3 saturated heterocycles. The summed E-state index contributed by atoms with van der Waals surface area (Å²) in [6.45, 7) is 5.90. The van der Waals surface area contributed by atoms with E-state index in [-0.39, 0.29) is 56.7 Å². The first-order chi connectivity index (χ1) is 21.2. The predicted molar refractivity (Wildman–Crippen MR) is 162 cm³/mol. The lowest BCUT2D eigenvalue weighted by atomic mass is 9.95. The largest absolute Gasteiger partial charge is 0.461 e. The standard InChI is InChI=1S/C30H31F3N8O2S/c1-3-21(42)40-10-7-17(14-40)39(2)27-19-12-35-23(18-5-6-20(32)26-25(18)36-28(34)44-26)22(33)24(19)37-29(38-27)43-15-30-8-4-9-41(30)13-16(31)11-30/h3,5-6,12,16-17H,1,4,7-11,13-15H2,2H3,(H2,34,36). The van der Waals surface area contributed by atoms with Crippen LogP contribution >= 0.6 is 11.3 Å². The van der Waals surface area contributed by atoms with Crippen molar-refractivity contribution in [1.82, 2.24) is 29.7 Å². The number of nitrogens with two attached hydrogens (primary N) is 1. The molecule has 0 bridgehead atoms. The lowest BCUT2D eigenvalue weighted by Crippen LogP contribution is -2.43. The van der Waals surface area contributed by atoms with Gasteiger partial charge in [-0.1, -0.05) is 17.9 Å². The fraction of sp³-hybridized carbons (Fsp3) is 0.433. The Morgan fingerprint density at radius 2 is 2.09 bits per heavy atom. The number of amides is 1. The molecule has 3 atom stereocenters. The van der Waals surface area contributed by atoms with Crippen molar-refractivity contribution in [2.24, 2.45) is 0 Å². The Bertz CT molecular complexity index is 1800. The van der Waals surface area contributed by atoms with E-state index in [1.807, 2.05) is 11.9 Å². The molecular weight excluding hydrogens is 593 g/mol. The first-order valence-electron chi connectivity index (χ1n) is 14.5. The van der Waals surface area contributed by atoms with Crippen LogP contribution in [0, 0.1) is 11.6 Å². The zero-order valence-electron chi connectivity index (χ0n) is 24.1. The molecule has 14 heteroatoms. The third kappa shape index (κ3) is 4.71. The highest BCUT2D eigenvalue weighted by molar-refractivity contribution is 7.22. The van der Waals surface area contributed by atoms with E-state index in [1.165, 1.54) is 24.4 Å². The number of carbonyl (C=O) groups is 1. The van der Waals surface area contributed by atoms with Gasteiger partial charge in [0, 0.05) is 50.9 Å². The second-order valence-electron chi connectivity index (χ2n) is 11.7. The van der Waals surface area contributed by atoms with Gasteiger partial charge in [0.15, 0.2) is 10.9 Å². The molecule has 0 spiro atoms. The molecule has 7 rings (SSSR count). The van der Waals surface area contributed by atoms with Crippen LogP contribution in [0.25, 0.3) is 32.4 Å². The van der Waals surface area contributed by atoms with E-state index >= 15 is 4.39 Å². The Labute approximate surface area is 255 Å². The van der Waals surface area contributed by atoms with Crippen LogP contribution in [0.3, 0.4) is 0 Å². The minimum atomic E-state index is -0.930. The van der Waals surface area contributed by atoms with Gasteiger partial charge in [-0.15, -0.1) is 0 Å². The van der Waals surface area contributed by atoms with Crippen LogP contribution in [0.4, 0.5) is 24.1 Å². The summed E-state index contributed by atoms with van der Waals surface area (Å²) in [6.07, 6.45) is 4.61. The van der Waals surface area contributed by atoms with Crippen molar-refractivity contribution in [3.05, 3.63) is 42.6 Å². The number of nitrogen functional groups attached to an aromatic ring is 1. The van der Waals surface area contributed by atoms with Crippen LogP contribution in [0.15, 0.2) is 31.0 Å². The number of likely N-dealkylation sites (N-methyl/N-ethyl adjacent to an activating group) is 1. The maximum absolute atomic E-state index is 16.5. The number of anilines is 2. The van der Waals surface area contributed by atoms with Gasteiger partial charge in [0.2, 0.25) is 5.91 Å². The number of likely N-dealkylation sites (tertiary alicyclic amines) is 1. The van der Waals surface area contributed by atoms with Crippen LogP contribution in [-0.4, -0.2) is 93.2 Å². The van der Waals surface area contributed by atoms with E-state index in [1.54, 1.807) is 4.90 Å². The molecule has 1 aromatic carbocycles. The minimum Gasteiger partial charge on any atom is -0.461 e. The Hall–Kier alpha value is -4.04. The molecule has 3 aromatic heterocycles. The van der Waals surface area contributed by atoms with Gasteiger partial charge in [0.25, 0.3) is 0 Å². The van der Waals surface area contributed by atoms with E-state index in [0.29, 0.717) is 43.7 Å². The molecule has 4 aromatic rings. The number of carbonyl (C=O) groups excluding carboxylic acids is 1. The van der Waals surface area contributed by atoms with Crippen molar-refractivity contribution in [3.63, 3.8) is 0 Å². The second kappa shape index (κ2) is 10.8. The number of alkyl halides is 1. The van der Waals surface area contributed by atoms with Gasteiger partial charge < -0.3 is 20.3 Å². The monoisotopic (exact) mass is 624 g/mol. The molecule has 10 nitrogen and oxygen atoms in total. The number of rotatable bonds is 7. The SMILES string of the molecule is C=CC(=O)N1CCC(N(C)c2nc(OCC34CCCN3CC(F)C4)nc3c(F)c(-c4ccc(F)c5sc(N)nc45)ncc23)C1. The van der Waals surface area contributed by atoms with Crippen LogP contribution in [0.2, 0.25) is 0 Å². The quantitative estimate of drug-likeness (QED) is 0.300. The maximum atomic E-state index is 16.5. The summed E-state index contributed by atoms with van der Waals surface area (Å²) in [5, 5.41) is 0.494. The van der Waals surface area contributed by atoms with Crippen LogP contribution < -0.4 is 15.4 Å². The number of thiazole rings is 1. The zero-order valence-corrected chi connectivity index (χ0v) is 24.9. The number of nitrogens with zero attached hydrogens (tertiary/aromatic N) is 7. The van der Waals surface area contributed by atoms with Crippen molar-refractivity contribution in [2.45, 2.75) is 43.4 Å². The smallest absolute Gasteiger partial charge is 0.319 e. The minimum absolute atomic E-state index is 0.0323. The fourth-order valence-electron chi connectivity index (χ4n) is 6.93. The van der Waals surface area contributed by atoms with E-state index in [0.717, 1.165) is 30.7 Å². The first-order valence-corrected chi connectivity index (χ1v) is 15.4. The summed E-state index contributed by atoms with van der Waals surface area (Å²) in [6, 6.07) is 2.49. The van der Waals surface area contributed by atoms with E-state index < -0.39 is 23.3 Å². The molecule has 3 fully saturated rings. The van der Waals surface area contributed by atoms with Gasteiger partial charge in [0.1, 0.15) is 35.6 Å². The number of benzene rings is 1. The summed E-state index contributed by atoms with van der Waals surface area (Å²) in [4.78, 5) is 35.8. The lowest BCUT2D eigenvalue weighted by Gasteiger charge is -2.31. The molecule has 3 aliphatic rings. The molecule has 2 N–H and O–H groups in total. The summed E-state index contributed by atoms with van der Waals surface area (Å²) in [5.41, 5.74) is 5.80. The molecule has 0 saturated carbocycles. The number of halogens is 3. The zero-order chi connectivity index (χ0) is 30.7. The van der Waals surface area contributed by atoms with Crippen molar-refractivity contribution < 1.29 is 22.7 Å². The number of aromatic nitrogens is 4. The highest BCUT2D eigenvalue weighted by atomic mass is 32.1. The Kier molecular flexibility index (Phi) is 7.08. The molecule has 44 heavy (non-hydrogen) atoms.